The molecule has 42 heavy (non-hydrogen) atoms. The van der Waals surface area contributed by atoms with E-state index in [-0.39, 0.29) is 12.2 Å². The number of carbonyl (C=O) groups is 3. The van der Waals surface area contributed by atoms with Crippen molar-refractivity contribution in [2.75, 3.05) is 23.8 Å². The number of nitrogens with one attached hydrogen (secondary N) is 3. The highest BCUT2D eigenvalue weighted by atomic mass is 19.1. The van der Waals surface area contributed by atoms with Crippen molar-refractivity contribution in [3.05, 3.63) is 90.4 Å². The lowest BCUT2D eigenvalue weighted by molar-refractivity contribution is -0.131. The highest BCUT2D eigenvalue weighted by Crippen LogP contribution is 2.47. The van der Waals surface area contributed by atoms with Crippen molar-refractivity contribution in [1.82, 2.24) is 10.5 Å². The fraction of sp³-hybridized carbons (Fsp3) is 0.200. The molecule has 1 saturated carbocycles. The number of ether oxygens (including phenoxy) is 1. The molecule has 0 bridgehead atoms. The second-order valence-electron chi connectivity index (χ2n) is 9.74. The van der Waals surface area contributed by atoms with Gasteiger partial charge in [0.1, 0.15) is 35.4 Å². The van der Waals surface area contributed by atoms with Crippen LogP contribution in [-0.2, 0) is 14.4 Å². The highest BCUT2D eigenvalue weighted by Gasteiger charge is 2.56. The second kappa shape index (κ2) is 12.3. The van der Waals surface area contributed by atoms with Crippen LogP contribution in [0.1, 0.15) is 23.2 Å². The third kappa shape index (κ3) is 6.52. The monoisotopic (exact) mass is 574 g/mol. The fourth-order valence-corrected chi connectivity index (χ4v) is 4.12. The Bertz CT molecular complexity index is 1610. The lowest BCUT2D eigenvalue weighted by Gasteiger charge is -2.16. The Hall–Kier alpha value is -4.91. The van der Waals surface area contributed by atoms with Gasteiger partial charge in [-0.05, 0) is 85.6 Å². The molecular formula is C30H27FN4O7. The Morgan fingerprint density at radius 2 is 1.57 bits per heavy atom. The maximum Gasteiger partial charge on any atom is 0.274 e. The molecule has 1 fully saturated rings. The Morgan fingerprint density at radius 1 is 0.929 bits per heavy atom. The number of amides is 3. The summed E-state index contributed by atoms with van der Waals surface area (Å²) in [7, 11) is 0. The molecule has 0 saturated heterocycles. The summed E-state index contributed by atoms with van der Waals surface area (Å²) >= 11 is 0. The van der Waals surface area contributed by atoms with E-state index in [1.807, 2.05) is 0 Å². The molecule has 0 radical (unpaired) electrons. The third-order valence-corrected chi connectivity index (χ3v) is 6.68. The standard InChI is InChI=1S/C30H27FN4O7/c31-19-2-4-20(5-3-19)33-28(39)30(12-13-30)29(40)34-21-6-8-23(9-7-21)42-26-11-14-32-25-15-18(1-10-24(25)26)27(38)35-41-17-22(37)16-36/h1-11,14-15,22,36-37H,12-13,16-17H2,(H,33,39)(H,34,40)(H,35,38)/t22-/m0/s1. The van der Waals surface area contributed by atoms with Crippen LogP contribution in [-0.4, -0.2) is 52.2 Å². The molecule has 3 aromatic carbocycles. The molecule has 1 heterocycles. The molecule has 0 unspecified atom stereocenters. The first kappa shape index (κ1) is 28.6. The van der Waals surface area contributed by atoms with Gasteiger partial charge in [-0.3, -0.25) is 24.2 Å². The van der Waals surface area contributed by atoms with Gasteiger partial charge >= 0.3 is 0 Å². The Kier molecular flexibility index (Phi) is 8.38. The van der Waals surface area contributed by atoms with Crippen LogP contribution in [0, 0.1) is 11.2 Å². The Morgan fingerprint density at radius 3 is 2.19 bits per heavy atom. The van der Waals surface area contributed by atoms with Crippen LogP contribution in [0.25, 0.3) is 10.9 Å². The number of anilines is 2. The number of benzene rings is 3. The van der Waals surface area contributed by atoms with E-state index in [9.17, 15) is 23.9 Å². The molecule has 1 aliphatic carbocycles. The normalized spacial score (nSPS) is 14.1. The maximum absolute atomic E-state index is 13.1. The van der Waals surface area contributed by atoms with Gasteiger partial charge in [0.2, 0.25) is 11.8 Å². The molecule has 0 aliphatic heterocycles. The summed E-state index contributed by atoms with van der Waals surface area (Å²) in [5.41, 5.74) is 2.68. The van der Waals surface area contributed by atoms with Gasteiger partial charge in [0, 0.05) is 28.5 Å². The average Bonchev–Trinajstić information content (AvgIpc) is 3.81. The zero-order valence-corrected chi connectivity index (χ0v) is 22.2. The largest absolute Gasteiger partial charge is 0.457 e. The summed E-state index contributed by atoms with van der Waals surface area (Å²) in [6.45, 7) is -0.752. The van der Waals surface area contributed by atoms with Crippen LogP contribution in [0.5, 0.6) is 11.5 Å². The van der Waals surface area contributed by atoms with E-state index in [0.29, 0.717) is 46.6 Å². The molecule has 1 atom stereocenters. The number of rotatable bonds is 11. The summed E-state index contributed by atoms with van der Waals surface area (Å²) in [5, 5.41) is 24.2. The summed E-state index contributed by atoms with van der Waals surface area (Å²) in [4.78, 5) is 47.3. The number of nitrogens with zero attached hydrogens (tertiary/aromatic N) is 1. The zero-order valence-electron chi connectivity index (χ0n) is 22.2. The number of hydrogen-bond acceptors (Lipinski definition) is 8. The number of halogens is 1. The van der Waals surface area contributed by atoms with Crippen molar-refractivity contribution in [2.45, 2.75) is 18.9 Å². The molecule has 0 spiro atoms. The molecule has 3 amide bonds. The van der Waals surface area contributed by atoms with E-state index >= 15 is 0 Å². The number of hydrogen-bond donors (Lipinski definition) is 5. The SMILES string of the molecule is O=C(NOC[C@@H](O)CO)c1ccc2c(Oc3ccc(NC(=O)C4(C(=O)Nc5ccc(F)cc5)CC4)cc3)ccnc2c1. The smallest absolute Gasteiger partial charge is 0.274 e. The number of fused-ring (bicyclic) bond motifs is 1. The van der Waals surface area contributed by atoms with Crippen LogP contribution < -0.4 is 20.9 Å². The van der Waals surface area contributed by atoms with Crippen molar-refractivity contribution in [3.8, 4) is 11.5 Å². The van der Waals surface area contributed by atoms with Crippen molar-refractivity contribution >= 4 is 40.0 Å². The predicted molar refractivity (Wildman–Crippen MR) is 150 cm³/mol. The predicted octanol–water partition coefficient (Wildman–Crippen LogP) is 3.54. The van der Waals surface area contributed by atoms with E-state index in [4.69, 9.17) is 14.7 Å². The first-order chi connectivity index (χ1) is 20.3. The number of aliphatic hydroxyl groups excluding tert-OH is 2. The van der Waals surface area contributed by atoms with Crippen LogP contribution in [0.4, 0.5) is 15.8 Å². The van der Waals surface area contributed by atoms with Crippen molar-refractivity contribution in [3.63, 3.8) is 0 Å². The molecule has 216 valence electrons. The molecule has 1 aliphatic rings. The molecular weight excluding hydrogens is 547 g/mol. The average molecular weight is 575 g/mol. The van der Waals surface area contributed by atoms with E-state index in [0.717, 1.165) is 0 Å². The van der Waals surface area contributed by atoms with Crippen LogP contribution in [0.3, 0.4) is 0 Å². The van der Waals surface area contributed by atoms with Gasteiger partial charge in [0.25, 0.3) is 5.91 Å². The van der Waals surface area contributed by atoms with Gasteiger partial charge in [-0.15, -0.1) is 0 Å². The minimum Gasteiger partial charge on any atom is -0.457 e. The van der Waals surface area contributed by atoms with Crippen molar-refractivity contribution < 1.29 is 38.6 Å². The molecule has 4 aromatic rings. The van der Waals surface area contributed by atoms with Gasteiger partial charge in [-0.1, -0.05) is 0 Å². The van der Waals surface area contributed by atoms with Gasteiger partial charge in [-0.2, -0.15) is 0 Å². The van der Waals surface area contributed by atoms with Gasteiger partial charge in [0.15, 0.2) is 0 Å². The lowest BCUT2D eigenvalue weighted by atomic mass is 10.0. The zero-order chi connectivity index (χ0) is 29.7. The van der Waals surface area contributed by atoms with Crippen LogP contribution >= 0.6 is 0 Å². The quantitative estimate of drug-likeness (QED) is 0.134. The molecule has 1 aromatic heterocycles. The van der Waals surface area contributed by atoms with E-state index in [2.05, 4.69) is 21.1 Å². The summed E-state index contributed by atoms with van der Waals surface area (Å²) in [6.07, 6.45) is 1.24. The van der Waals surface area contributed by atoms with Gasteiger partial charge in [0.05, 0.1) is 12.1 Å². The topological polar surface area (TPSA) is 159 Å². The summed E-state index contributed by atoms with van der Waals surface area (Å²) < 4.78 is 19.2. The minimum atomic E-state index is -1.18. The summed E-state index contributed by atoms with van der Waals surface area (Å²) in [5.74, 6) is -0.868. The fourth-order valence-electron chi connectivity index (χ4n) is 4.12. The van der Waals surface area contributed by atoms with Crippen LogP contribution in [0.15, 0.2) is 79.0 Å². The molecule has 12 heteroatoms. The van der Waals surface area contributed by atoms with E-state index in [1.54, 1.807) is 48.5 Å². The van der Waals surface area contributed by atoms with Crippen molar-refractivity contribution in [1.29, 1.82) is 0 Å². The third-order valence-electron chi connectivity index (χ3n) is 6.68. The lowest BCUT2D eigenvalue weighted by Crippen LogP contribution is -2.35. The maximum atomic E-state index is 13.1. The molecule has 5 rings (SSSR count). The number of carbonyl (C=O) groups excluding carboxylic acids is 3. The number of aliphatic hydroxyl groups is 2. The first-order valence-corrected chi connectivity index (χ1v) is 13.0. The van der Waals surface area contributed by atoms with Crippen molar-refractivity contribution in [2.24, 2.45) is 5.41 Å². The summed E-state index contributed by atoms with van der Waals surface area (Å²) in [6, 6.07) is 18.5. The van der Waals surface area contributed by atoms with E-state index in [1.165, 1.54) is 30.5 Å². The van der Waals surface area contributed by atoms with E-state index < -0.39 is 41.7 Å². The number of aromatic nitrogens is 1. The Balaban J connectivity index is 1.20. The first-order valence-electron chi connectivity index (χ1n) is 13.0. The second-order valence-corrected chi connectivity index (χ2v) is 9.74. The Labute approximate surface area is 239 Å². The number of pyridine rings is 1. The molecule has 11 nitrogen and oxygen atoms in total. The molecule has 5 N–H and O–H groups in total. The number of hydroxylamine groups is 1. The van der Waals surface area contributed by atoms with Gasteiger partial charge < -0.3 is 25.6 Å². The van der Waals surface area contributed by atoms with Crippen LogP contribution in [0.2, 0.25) is 0 Å². The highest BCUT2D eigenvalue weighted by molar-refractivity contribution is 6.16. The van der Waals surface area contributed by atoms with Gasteiger partial charge in [-0.25, -0.2) is 9.87 Å². The minimum absolute atomic E-state index is 0.262.